The van der Waals surface area contributed by atoms with Crippen LogP contribution in [0.5, 0.6) is 0 Å². The number of hydrogen-bond donors (Lipinski definition) is 3. The van der Waals surface area contributed by atoms with Crippen molar-refractivity contribution < 1.29 is 9.90 Å². The van der Waals surface area contributed by atoms with Crippen LogP contribution in [-0.4, -0.2) is 23.3 Å². The summed E-state index contributed by atoms with van der Waals surface area (Å²) in [5.74, 6) is 0. The van der Waals surface area contributed by atoms with Crippen LogP contribution >= 0.6 is 0 Å². The molecule has 0 aromatic rings. The minimum Gasteiger partial charge on any atom is -0.465 e. The summed E-state index contributed by atoms with van der Waals surface area (Å²) in [4.78, 5) is 10.2. The average molecular weight is 204 g/mol. The third-order valence-corrected chi connectivity index (χ3v) is 1.61. The van der Waals surface area contributed by atoms with E-state index in [0.29, 0.717) is 0 Å². The molecular weight excluding hydrogens is 180 g/mol. The largest absolute Gasteiger partial charge is 0.465 e. The molecule has 0 aromatic carbocycles. The predicted octanol–water partition coefficient (Wildman–Crippen LogP) is 2.19. The third-order valence-electron chi connectivity index (χ3n) is 1.61. The lowest BCUT2D eigenvalue weighted by Gasteiger charge is -2.23. The molecule has 4 heteroatoms. The highest BCUT2D eigenvalue weighted by molar-refractivity contribution is 5.65. The monoisotopic (exact) mass is 204 g/mol. The normalized spacial score (nSPS) is 10.1. The van der Waals surface area contributed by atoms with Crippen molar-refractivity contribution >= 4 is 6.09 Å². The Morgan fingerprint density at radius 3 is 2.00 bits per heavy atom. The third kappa shape index (κ3) is 13.8. The molecule has 0 heterocycles. The SMILES string of the molecule is CCCC(C)(C)NC(=O)O.CCCN. The highest BCUT2D eigenvalue weighted by Gasteiger charge is 2.17. The van der Waals surface area contributed by atoms with E-state index in [1.165, 1.54) is 0 Å². The molecule has 0 saturated carbocycles. The fraction of sp³-hybridized carbons (Fsp3) is 0.900. The quantitative estimate of drug-likeness (QED) is 0.657. The molecule has 4 nitrogen and oxygen atoms in total. The first-order valence-corrected chi connectivity index (χ1v) is 5.10. The lowest BCUT2D eigenvalue weighted by atomic mass is 10.00. The number of hydrogen-bond acceptors (Lipinski definition) is 2. The summed E-state index contributed by atoms with van der Waals surface area (Å²) in [6.07, 6.45) is 2.02. The molecule has 1 amide bonds. The van der Waals surface area contributed by atoms with Gasteiger partial charge in [-0.05, 0) is 33.2 Å². The number of nitrogens with two attached hydrogens (primary N) is 1. The van der Waals surface area contributed by atoms with Crippen molar-refractivity contribution in [3.05, 3.63) is 0 Å². The average Bonchev–Trinajstić information content (AvgIpc) is 2.02. The Balaban J connectivity index is 0. The first kappa shape index (κ1) is 15.7. The zero-order valence-electron chi connectivity index (χ0n) is 9.76. The molecular formula is C10H24N2O2. The maximum atomic E-state index is 10.2. The van der Waals surface area contributed by atoms with Gasteiger partial charge in [-0.15, -0.1) is 0 Å². The Morgan fingerprint density at radius 2 is 1.79 bits per heavy atom. The van der Waals surface area contributed by atoms with Gasteiger partial charge in [0.05, 0.1) is 0 Å². The Bertz CT molecular complexity index is 145. The lowest BCUT2D eigenvalue weighted by Crippen LogP contribution is -2.42. The first-order valence-electron chi connectivity index (χ1n) is 5.10. The van der Waals surface area contributed by atoms with Crippen molar-refractivity contribution in [3.63, 3.8) is 0 Å². The van der Waals surface area contributed by atoms with Crippen LogP contribution in [0.2, 0.25) is 0 Å². The highest BCUT2D eigenvalue weighted by Crippen LogP contribution is 2.09. The standard InChI is InChI=1S/C7H15NO2.C3H9N/c1-4-5-7(2,3)8-6(9)10;1-2-3-4/h8H,4-5H2,1-3H3,(H,9,10);2-4H2,1H3. The topological polar surface area (TPSA) is 75.3 Å². The van der Waals surface area contributed by atoms with Crippen LogP contribution in [0.25, 0.3) is 0 Å². The molecule has 0 aliphatic rings. The van der Waals surface area contributed by atoms with Crippen molar-refractivity contribution in [2.75, 3.05) is 6.54 Å². The van der Waals surface area contributed by atoms with Gasteiger partial charge in [-0.25, -0.2) is 4.79 Å². The summed E-state index contributed by atoms with van der Waals surface area (Å²) in [5.41, 5.74) is 4.75. The second kappa shape index (κ2) is 8.81. The van der Waals surface area contributed by atoms with E-state index in [0.717, 1.165) is 25.8 Å². The maximum absolute atomic E-state index is 10.2. The van der Waals surface area contributed by atoms with Gasteiger partial charge in [0.2, 0.25) is 0 Å². The van der Waals surface area contributed by atoms with Crippen LogP contribution < -0.4 is 11.1 Å². The van der Waals surface area contributed by atoms with E-state index in [2.05, 4.69) is 12.2 Å². The van der Waals surface area contributed by atoms with Gasteiger partial charge in [0.1, 0.15) is 0 Å². The van der Waals surface area contributed by atoms with Crippen molar-refractivity contribution in [1.29, 1.82) is 0 Å². The van der Waals surface area contributed by atoms with Gasteiger partial charge in [-0.3, -0.25) is 0 Å². The van der Waals surface area contributed by atoms with E-state index in [4.69, 9.17) is 10.8 Å². The molecule has 0 aromatic heterocycles. The predicted molar refractivity (Wildman–Crippen MR) is 59.5 cm³/mol. The van der Waals surface area contributed by atoms with Gasteiger partial charge in [-0.1, -0.05) is 20.3 Å². The molecule has 0 radical (unpaired) electrons. The molecule has 14 heavy (non-hydrogen) atoms. The number of carbonyl (C=O) groups is 1. The number of amides is 1. The number of rotatable bonds is 4. The molecule has 0 fully saturated rings. The molecule has 4 N–H and O–H groups in total. The molecule has 0 unspecified atom stereocenters. The Kier molecular flexibility index (Phi) is 9.88. The van der Waals surface area contributed by atoms with Crippen molar-refractivity contribution in [3.8, 4) is 0 Å². The van der Waals surface area contributed by atoms with E-state index >= 15 is 0 Å². The Morgan fingerprint density at radius 1 is 1.36 bits per heavy atom. The lowest BCUT2D eigenvalue weighted by molar-refractivity contribution is 0.180. The molecule has 0 aliphatic carbocycles. The zero-order chi connectivity index (χ0) is 11.6. The second-order valence-electron chi connectivity index (χ2n) is 3.85. The zero-order valence-corrected chi connectivity index (χ0v) is 9.76. The summed E-state index contributed by atoms with van der Waals surface area (Å²) in [6, 6.07) is 0. The molecule has 0 spiro atoms. The maximum Gasteiger partial charge on any atom is 0.405 e. The summed E-state index contributed by atoms with van der Waals surface area (Å²) < 4.78 is 0. The Hall–Kier alpha value is -0.770. The van der Waals surface area contributed by atoms with Gasteiger partial charge >= 0.3 is 6.09 Å². The summed E-state index contributed by atoms with van der Waals surface area (Å²) in [6.45, 7) is 8.67. The first-order chi connectivity index (χ1) is 6.39. The molecule has 0 saturated heterocycles. The minimum atomic E-state index is -0.946. The van der Waals surface area contributed by atoms with Crippen LogP contribution in [0.1, 0.15) is 47.0 Å². The molecule has 0 atom stereocenters. The van der Waals surface area contributed by atoms with Gasteiger partial charge in [0, 0.05) is 5.54 Å². The summed E-state index contributed by atoms with van der Waals surface area (Å²) >= 11 is 0. The van der Waals surface area contributed by atoms with Crippen LogP contribution in [0.3, 0.4) is 0 Å². The van der Waals surface area contributed by atoms with Gasteiger partial charge in [-0.2, -0.15) is 0 Å². The molecule has 86 valence electrons. The highest BCUT2D eigenvalue weighted by atomic mass is 16.4. The number of nitrogens with one attached hydrogen (secondary N) is 1. The van der Waals surface area contributed by atoms with E-state index in [9.17, 15) is 4.79 Å². The van der Waals surface area contributed by atoms with Crippen molar-refractivity contribution in [2.24, 2.45) is 5.73 Å². The molecule has 0 bridgehead atoms. The van der Waals surface area contributed by atoms with Crippen molar-refractivity contribution in [2.45, 2.75) is 52.5 Å². The van der Waals surface area contributed by atoms with Crippen LogP contribution in [-0.2, 0) is 0 Å². The van der Waals surface area contributed by atoms with E-state index in [1.807, 2.05) is 20.8 Å². The van der Waals surface area contributed by atoms with Gasteiger partial charge in [0.15, 0.2) is 0 Å². The Labute approximate surface area is 86.9 Å². The second-order valence-corrected chi connectivity index (χ2v) is 3.85. The van der Waals surface area contributed by atoms with Crippen LogP contribution in [0.15, 0.2) is 0 Å². The summed E-state index contributed by atoms with van der Waals surface area (Å²) in [5, 5.41) is 10.8. The van der Waals surface area contributed by atoms with Crippen LogP contribution in [0.4, 0.5) is 4.79 Å². The van der Waals surface area contributed by atoms with Gasteiger partial charge in [0.25, 0.3) is 0 Å². The van der Waals surface area contributed by atoms with E-state index < -0.39 is 6.09 Å². The van der Waals surface area contributed by atoms with Gasteiger partial charge < -0.3 is 16.2 Å². The summed E-state index contributed by atoms with van der Waals surface area (Å²) in [7, 11) is 0. The molecule has 0 aliphatic heterocycles. The molecule has 0 rings (SSSR count). The fourth-order valence-corrected chi connectivity index (χ4v) is 0.977. The minimum absolute atomic E-state index is 0.277. The van der Waals surface area contributed by atoms with Crippen LogP contribution in [0, 0.1) is 0 Å². The fourth-order valence-electron chi connectivity index (χ4n) is 0.977. The smallest absolute Gasteiger partial charge is 0.405 e. The van der Waals surface area contributed by atoms with E-state index in [-0.39, 0.29) is 5.54 Å². The van der Waals surface area contributed by atoms with E-state index in [1.54, 1.807) is 0 Å². The van der Waals surface area contributed by atoms with Crippen molar-refractivity contribution in [1.82, 2.24) is 5.32 Å². The number of carboxylic acid groups (broad SMARTS) is 1.